The molecule has 0 saturated carbocycles. The smallest absolute Gasteiger partial charge is 0.255 e. The van der Waals surface area contributed by atoms with Crippen LogP contribution in [0.4, 0.5) is 10.1 Å². The highest BCUT2D eigenvalue weighted by atomic mass is 32.2. The van der Waals surface area contributed by atoms with Gasteiger partial charge in [-0.2, -0.15) is 0 Å². The van der Waals surface area contributed by atoms with E-state index in [1.54, 1.807) is 6.07 Å². The van der Waals surface area contributed by atoms with Gasteiger partial charge in [0.25, 0.3) is 5.91 Å². The van der Waals surface area contributed by atoms with Crippen molar-refractivity contribution in [3.8, 4) is 0 Å². The fraction of sp³-hybridized carbons (Fsp3) is 0.235. The molecule has 3 rings (SSSR count). The summed E-state index contributed by atoms with van der Waals surface area (Å²) in [4.78, 5) is 12.1. The SMILES string of the molecule is O=C(Nc1ccccc1F)c1ccc(S(=O)(=O)[C@H]2CCS(=O)(=O)C2)cc1. The molecule has 6 nitrogen and oxygen atoms in total. The molecule has 0 aromatic heterocycles. The van der Waals surface area contributed by atoms with Crippen LogP contribution in [0.1, 0.15) is 16.8 Å². The minimum Gasteiger partial charge on any atom is -0.319 e. The predicted molar refractivity (Wildman–Crippen MR) is 95.0 cm³/mol. The number of hydrogen-bond acceptors (Lipinski definition) is 5. The third-order valence-electron chi connectivity index (χ3n) is 4.20. The van der Waals surface area contributed by atoms with Crippen LogP contribution in [0.25, 0.3) is 0 Å². The zero-order valence-electron chi connectivity index (χ0n) is 13.6. The van der Waals surface area contributed by atoms with Crippen molar-refractivity contribution in [2.45, 2.75) is 16.6 Å². The molecule has 1 atom stereocenters. The van der Waals surface area contributed by atoms with Gasteiger partial charge in [-0.05, 0) is 42.8 Å². The molecular formula is C17H16FNO5S2. The Morgan fingerprint density at radius 1 is 1.08 bits per heavy atom. The number of nitrogens with one attached hydrogen (secondary N) is 1. The Hall–Kier alpha value is -2.26. The molecule has 1 aliphatic heterocycles. The fourth-order valence-electron chi connectivity index (χ4n) is 2.75. The third kappa shape index (κ3) is 3.78. The molecule has 1 aliphatic rings. The number of hydrogen-bond donors (Lipinski definition) is 1. The summed E-state index contributed by atoms with van der Waals surface area (Å²) < 4.78 is 61.7. The predicted octanol–water partition coefficient (Wildman–Crippen LogP) is 2.04. The van der Waals surface area contributed by atoms with E-state index in [4.69, 9.17) is 0 Å². The van der Waals surface area contributed by atoms with Crippen molar-refractivity contribution < 1.29 is 26.0 Å². The zero-order valence-corrected chi connectivity index (χ0v) is 15.2. The number of carbonyl (C=O) groups is 1. The van der Waals surface area contributed by atoms with Crippen molar-refractivity contribution in [2.75, 3.05) is 16.8 Å². The van der Waals surface area contributed by atoms with Crippen LogP contribution in [-0.4, -0.2) is 39.5 Å². The summed E-state index contributed by atoms with van der Waals surface area (Å²) in [6.45, 7) is 0. The normalized spacial score (nSPS) is 19.2. The molecule has 138 valence electrons. The van der Waals surface area contributed by atoms with Gasteiger partial charge in [0.2, 0.25) is 0 Å². The summed E-state index contributed by atoms with van der Waals surface area (Å²) in [5, 5.41) is 1.44. The van der Waals surface area contributed by atoms with Crippen LogP contribution >= 0.6 is 0 Å². The number of sulfone groups is 2. The van der Waals surface area contributed by atoms with Crippen molar-refractivity contribution in [3.05, 3.63) is 59.9 Å². The topological polar surface area (TPSA) is 97.4 Å². The molecule has 1 amide bonds. The highest BCUT2D eigenvalue weighted by Gasteiger charge is 2.37. The first-order chi connectivity index (χ1) is 12.2. The largest absolute Gasteiger partial charge is 0.319 e. The van der Waals surface area contributed by atoms with Crippen molar-refractivity contribution >= 4 is 31.3 Å². The van der Waals surface area contributed by atoms with Gasteiger partial charge in [0.05, 0.1) is 27.3 Å². The van der Waals surface area contributed by atoms with Crippen LogP contribution in [0.2, 0.25) is 0 Å². The van der Waals surface area contributed by atoms with Gasteiger partial charge in [0, 0.05) is 5.56 Å². The van der Waals surface area contributed by atoms with Gasteiger partial charge < -0.3 is 5.32 Å². The van der Waals surface area contributed by atoms with Crippen LogP contribution in [0.3, 0.4) is 0 Å². The average molecular weight is 397 g/mol. The summed E-state index contributed by atoms with van der Waals surface area (Å²) in [7, 11) is -7.11. The Morgan fingerprint density at radius 3 is 2.31 bits per heavy atom. The van der Waals surface area contributed by atoms with E-state index in [1.165, 1.54) is 42.5 Å². The summed E-state index contributed by atoms with van der Waals surface area (Å²) >= 11 is 0. The Kier molecular flexibility index (Phi) is 4.85. The highest BCUT2D eigenvalue weighted by molar-refractivity contribution is 7.96. The van der Waals surface area contributed by atoms with Crippen LogP contribution in [0.5, 0.6) is 0 Å². The second-order valence-electron chi connectivity index (χ2n) is 6.03. The fourth-order valence-corrected chi connectivity index (χ4v) is 7.11. The molecule has 0 bridgehead atoms. The van der Waals surface area contributed by atoms with Crippen molar-refractivity contribution in [2.24, 2.45) is 0 Å². The first-order valence-electron chi connectivity index (χ1n) is 7.79. The Labute approximate surface area is 150 Å². The number of rotatable bonds is 4. The van der Waals surface area contributed by atoms with Gasteiger partial charge in [0.15, 0.2) is 19.7 Å². The number of benzene rings is 2. The number of amides is 1. The van der Waals surface area contributed by atoms with Gasteiger partial charge in [-0.25, -0.2) is 21.2 Å². The molecule has 26 heavy (non-hydrogen) atoms. The minimum absolute atomic E-state index is 0.0189. The first-order valence-corrected chi connectivity index (χ1v) is 11.2. The van der Waals surface area contributed by atoms with Gasteiger partial charge >= 0.3 is 0 Å². The molecule has 2 aromatic carbocycles. The summed E-state index contributed by atoms with van der Waals surface area (Å²) in [5.74, 6) is -1.68. The molecule has 2 aromatic rings. The van der Waals surface area contributed by atoms with E-state index in [9.17, 15) is 26.0 Å². The Bertz CT molecular complexity index is 1050. The minimum atomic E-state index is -3.79. The number of anilines is 1. The number of halogens is 1. The van der Waals surface area contributed by atoms with Crippen molar-refractivity contribution in [3.63, 3.8) is 0 Å². The van der Waals surface area contributed by atoms with Crippen molar-refractivity contribution in [1.82, 2.24) is 0 Å². The molecule has 0 aliphatic carbocycles. The van der Waals surface area contributed by atoms with Crippen LogP contribution in [0, 0.1) is 5.82 Å². The lowest BCUT2D eigenvalue weighted by Gasteiger charge is -2.11. The Balaban J connectivity index is 1.78. The molecule has 9 heteroatoms. The standard InChI is InChI=1S/C17H16FNO5S2/c18-15-3-1-2-4-16(15)19-17(20)12-5-7-13(8-6-12)26(23,24)14-9-10-25(21,22)11-14/h1-8,14H,9-11H2,(H,19,20)/t14-/m0/s1. The van der Waals surface area contributed by atoms with Gasteiger partial charge in [-0.15, -0.1) is 0 Å². The summed E-state index contributed by atoms with van der Waals surface area (Å²) in [6.07, 6.45) is 0.0696. The maximum Gasteiger partial charge on any atom is 0.255 e. The van der Waals surface area contributed by atoms with Gasteiger partial charge in [-0.3, -0.25) is 4.79 Å². The summed E-state index contributed by atoms with van der Waals surface area (Å²) in [5.41, 5.74) is 0.177. The quantitative estimate of drug-likeness (QED) is 0.851. The van der Waals surface area contributed by atoms with Crippen molar-refractivity contribution in [1.29, 1.82) is 0 Å². The molecular weight excluding hydrogens is 381 g/mol. The second kappa shape index (κ2) is 6.81. The van der Waals surface area contributed by atoms with Crippen LogP contribution in [0.15, 0.2) is 53.4 Å². The molecule has 1 saturated heterocycles. The van der Waals surface area contributed by atoms with E-state index in [-0.39, 0.29) is 34.1 Å². The van der Waals surface area contributed by atoms with Gasteiger partial charge in [-0.1, -0.05) is 12.1 Å². The van der Waals surface area contributed by atoms with E-state index in [2.05, 4.69) is 5.32 Å². The van der Waals surface area contributed by atoms with E-state index in [0.29, 0.717) is 0 Å². The monoisotopic (exact) mass is 397 g/mol. The third-order valence-corrected chi connectivity index (χ3v) is 8.38. The van der Waals surface area contributed by atoms with E-state index in [1.807, 2.05) is 0 Å². The maximum absolute atomic E-state index is 13.6. The molecule has 1 fully saturated rings. The van der Waals surface area contributed by atoms with Crippen LogP contribution < -0.4 is 5.32 Å². The van der Waals surface area contributed by atoms with E-state index >= 15 is 0 Å². The maximum atomic E-state index is 13.6. The zero-order chi connectivity index (χ0) is 18.9. The lowest BCUT2D eigenvalue weighted by molar-refractivity contribution is 0.102. The van der Waals surface area contributed by atoms with Crippen LogP contribution in [-0.2, 0) is 19.7 Å². The first kappa shape index (κ1) is 18.5. The average Bonchev–Trinajstić information content (AvgIpc) is 2.98. The number of para-hydroxylation sites is 1. The van der Waals surface area contributed by atoms with Gasteiger partial charge in [0.1, 0.15) is 5.82 Å². The molecule has 1 heterocycles. The summed E-state index contributed by atoms with van der Waals surface area (Å²) in [6, 6.07) is 10.8. The molecule has 0 unspecified atom stereocenters. The lowest BCUT2D eigenvalue weighted by Crippen LogP contribution is -2.23. The number of carbonyl (C=O) groups excluding carboxylic acids is 1. The Morgan fingerprint density at radius 2 is 1.73 bits per heavy atom. The molecule has 0 spiro atoms. The second-order valence-corrected chi connectivity index (χ2v) is 10.5. The molecule has 0 radical (unpaired) electrons. The molecule has 1 N–H and O–H groups in total. The van der Waals surface area contributed by atoms with E-state index < -0.39 is 36.6 Å². The lowest BCUT2D eigenvalue weighted by atomic mass is 10.2. The highest BCUT2D eigenvalue weighted by Crippen LogP contribution is 2.25. The van der Waals surface area contributed by atoms with E-state index in [0.717, 1.165) is 0 Å².